The zero-order chi connectivity index (χ0) is 23.3. The van der Waals surface area contributed by atoms with E-state index in [9.17, 15) is 5.21 Å². The number of hydrogen-bond donors (Lipinski definition) is 1. The summed E-state index contributed by atoms with van der Waals surface area (Å²) in [7, 11) is 0. The van der Waals surface area contributed by atoms with Crippen molar-refractivity contribution >= 4 is 17.3 Å². The highest BCUT2D eigenvalue weighted by atomic mass is 35.5. The Balaban J connectivity index is 1.56. The van der Waals surface area contributed by atoms with E-state index in [1.165, 1.54) is 56.9 Å². The Labute approximate surface area is 202 Å². The molecule has 1 unspecified atom stereocenters. The van der Waals surface area contributed by atoms with Crippen LogP contribution in [0, 0.1) is 52.3 Å². The third-order valence-corrected chi connectivity index (χ3v) is 11.6. The first kappa shape index (κ1) is 24.6. The number of rotatable bonds is 6. The smallest absolute Gasteiger partial charge is 0.0832 e. The molecule has 0 aromatic rings. The molecule has 0 aromatic carbocycles. The molecule has 0 heterocycles. The van der Waals surface area contributed by atoms with Gasteiger partial charge in [0.1, 0.15) is 0 Å². The lowest BCUT2D eigenvalue weighted by molar-refractivity contribution is -0.0225. The normalized spacial score (nSPS) is 44.6. The molecule has 2 nitrogen and oxygen atoms in total. The van der Waals surface area contributed by atoms with Crippen LogP contribution in [0.1, 0.15) is 106 Å². The molecular weight excluding hydrogens is 414 g/mol. The van der Waals surface area contributed by atoms with Gasteiger partial charge in [0.05, 0.1) is 5.71 Å². The quantitative estimate of drug-likeness (QED) is 0.239. The molecule has 4 aliphatic rings. The van der Waals surface area contributed by atoms with Crippen molar-refractivity contribution in [1.29, 1.82) is 0 Å². The van der Waals surface area contributed by atoms with Crippen LogP contribution in [0.25, 0.3) is 0 Å². The molecular formula is C29H48ClNO. The van der Waals surface area contributed by atoms with Crippen LogP contribution in [0.5, 0.6) is 0 Å². The lowest BCUT2D eigenvalue weighted by Crippen LogP contribution is -2.53. The highest BCUT2D eigenvalue weighted by Gasteiger charge is 2.60. The fraction of sp³-hybridized carbons (Fsp3) is 0.897. The van der Waals surface area contributed by atoms with E-state index in [4.69, 9.17) is 11.6 Å². The van der Waals surface area contributed by atoms with Crippen molar-refractivity contribution < 1.29 is 5.21 Å². The van der Waals surface area contributed by atoms with Gasteiger partial charge in [-0.25, -0.2) is 0 Å². The minimum atomic E-state index is 0.245. The molecule has 0 aromatic heterocycles. The highest BCUT2D eigenvalue weighted by Crippen LogP contribution is 2.67. The Morgan fingerprint density at radius 1 is 1.06 bits per heavy atom. The van der Waals surface area contributed by atoms with Gasteiger partial charge in [-0.3, -0.25) is 0 Å². The molecule has 3 heteroatoms. The van der Waals surface area contributed by atoms with Crippen molar-refractivity contribution in [2.24, 2.45) is 57.4 Å². The maximum atomic E-state index is 10.1. The SMILES string of the molecule is CC[C@H](CC[C@@H](C)[C@H]1CC[C@H]2[C@@H]3C(=NO)C=C4CC(Cl)CC[C@]4(C)[C@H]3CC[C@]12C)C(C)C. The predicted octanol–water partition coefficient (Wildman–Crippen LogP) is 8.71. The number of hydrogen-bond acceptors (Lipinski definition) is 2. The van der Waals surface area contributed by atoms with Gasteiger partial charge in [-0.15, -0.1) is 11.6 Å². The van der Waals surface area contributed by atoms with Gasteiger partial charge in [-0.1, -0.05) is 65.1 Å². The van der Waals surface area contributed by atoms with Crippen molar-refractivity contribution in [3.63, 3.8) is 0 Å². The van der Waals surface area contributed by atoms with Crippen molar-refractivity contribution in [2.45, 2.75) is 111 Å². The van der Waals surface area contributed by atoms with E-state index in [2.05, 4.69) is 52.8 Å². The van der Waals surface area contributed by atoms with Crippen molar-refractivity contribution in [1.82, 2.24) is 0 Å². The van der Waals surface area contributed by atoms with E-state index in [-0.39, 0.29) is 10.8 Å². The summed E-state index contributed by atoms with van der Waals surface area (Å²) in [6, 6.07) is 0. The molecule has 3 saturated carbocycles. The van der Waals surface area contributed by atoms with Gasteiger partial charge in [-0.05, 0) is 104 Å². The van der Waals surface area contributed by atoms with Crippen molar-refractivity contribution in [2.75, 3.05) is 0 Å². The Morgan fingerprint density at radius 3 is 2.47 bits per heavy atom. The maximum absolute atomic E-state index is 10.1. The molecule has 4 rings (SSSR count). The van der Waals surface area contributed by atoms with Crippen LogP contribution in [0.15, 0.2) is 16.8 Å². The third-order valence-electron chi connectivity index (χ3n) is 11.2. The lowest BCUT2D eigenvalue weighted by atomic mass is 9.46. The number of nitrogens with zero attached hydrogens (tertiary/aromatic N) is 1. The minimum absolute atomic E-state index is 0.245. The van der Waals surface area contributed by atoms with Crippen LogP contribution >= 0.6 is 11.6 Å². The molecule has 182 valence electrons. The summed E-state index contributed by atoms with van der Waals surface area (Å²) in [4.78, 5) is 0. The molecule has 9 atom stereocenters. The predicted molar refractivity (Wildman–Crippen MR) is 136 cm³/mol. The fourth-order valence-corrected chi connectivity index (χ4v) is 9.41. The highest BCUT2D eigenvalue weighted by molar-refractivity contribution is 6.20. The molecule has 32 heavy (non-hydrogen) atoms. The van der Waals surface area contributed by atoms with E-state index in [1.807, 2.05) is 0 Å². The van der Waals surface area contributed by atoms with Gasteiger partial charge in [0.15, 0.2) is 0 Å². The van der Waals surface area contributed by atoms with E-state index in [1.54, 1.807) is 0 Å². The summed E-state index contributed by atoms with van der Waals surface area (Å²) in [5.41, 5.74) is 3.08. The summed E-state index contributed by atoms with van der Waals surface area (Å²) >= 11 is 6.57. The molecule has 3 fully saturated rings. The zero-order valence-electron chi connectivity index (χ0n) is 21.5. The van der Waals surface area contributed by atoms with Gasteiger partial charge in [0, 0.05) is 11.3 Å². The summed E-state index contributed by atoms with van der Waals surface area (Å²) in [6.07, 6.45) is 14.9. The summed E-state index contributed by atoms with van der Waals surface area (Å²) < 4.78 is 0. The Hall–Kier alpha value is -0.500. The zero-order valence-corrected chi connectivity index (χ0v) is 22.3. The number of oxime groups is 1. The van der Waals surface area contributed by atoms with Gasteiger partial charge in [0.25, 0.3) is 0 Å². The topological polar surface area (TPSA) is 32.6 Å². The number of allylic oxidation sites excluding steroid dienone is 2. The van der Waals surface area contributed by atoms with Crippen LogP contribution in [-0.4, -0.2) is 16.3 Å². The van der Waals surface area contributed by atoms with Crippen molar-refractivity contribution in [3.8, 4) is 0 Å². The molecule has 4 aliphatic carbocycles. The van der Waals surface area contributed by atoms with Crippen LogP contribution < -0.4 is 0 Å². The second-order valence-electron chi connectivity index (χ2n) is 12.9. The lowest BCUT2D eigenvalue weighted by Gasteiger charge is -2.58. The molecule has 0 saturated heterocycles. The number of alkyl halides is 1. The fourth-order valence-electron chi connectivity index (χ4n) is 9.14. The van der Waals surface area contributed by atoms with Crippen LogP contribution in [0.2, 0.25) is 0 Å². The van der Waals surface area contributed by atoms with Crippen LogP contribution in [-0.2, 0) is 0 Å². The second-order valence-corrected chi connectivity index (χ2v) is 13.5. The Bertz CT molecular complexity index is 743. The summed E-state index contributed by atoms with van der Waals surface area (Å²) in [6.45, 7) is 14.8. The molecule has 0 bridgehead atoms. The minimum Gasteiger partial charge on any atom is -0.411 e. The number of halogens is 1. The monoisotopic (exact) mass is 461 g/mol. The largest absolute Gasteiger partial charge is 0.411 e. The van der Waals surface area contributed by atoms with Gasteiger partial charge >= 0.3 is 0 Å². The van der Waals surface area contributed by atoms with E-state index < -0.39 is 0 Å². The van der Waals surface area contributed by atoms with Crippen molar-refractivity contribution in [3.05, 3.63) is 11.6 Å². The van der Waals surface area contributed by atoms with Crippen LogP contribution in [0.3, 0.4) is 0 Å². The maximum Gasteiger partial charge on any atom is 0.0832 e. The molecule has 0 spiro atoms. The molecule has 1 N–H and O–H groups in total. The van der Waals surface area contributed by atoms with E-state index in [0.717, 1.165) is 42.2 Å². The van der Waals surface area contributed by atoms with E-state index in [0.29, 0.717) is 23.2 Å². The molecule has 0 radical (unpaired) electrons. The first-order valence-electron chi connectivity index (χ1n) is 13.7. The Morgan fingerprint density at radius 2 is 1.81 bits per heavy atom. The van der Waals surface area contributed by atoms with Gasteiger partial charge in [0.2, 0.25) is 0 Å². The first-order valence-corrected chi connectivity index (χ1v) is 14.2. The Kier molecular flexibility index (Phi) is 7.13. The summed E-state index contributed by atoms with van der Waals surface area (Å²) in [5, 5.41) is 14.3. The molecule has 0 aliphatic heterocycles. The van der Waals surface area contributed by atoms with E-state index >= 15 is 0 Å². The van der Waals surface area contributed by atoms with Crippen LogP contribution in [0.4, 0.5) is 0 Å². The second kappa shape index (κ2) is 9.27. The first-order chi connectivity index (χ1) is 15.2. The van der Waals surface area contributed by atoms with Gasteiger partial charge < -0.3 is 5.21 Å². The third kappa shape index (κ3) is 3.99. The molecule has 0 amide bonds. The average Bonchev–Trinajstić information content (AvgIpc) is 3.11. The average molecular weight is 462 g/mol. The van der Waals surface area contributed by atoms with Gasteiger partial charge in [-0.2, -0.15) is 0 Å². The number of fused-ring (bicyclic) bond motifs is 5. The standard InChI is InChI=1S/C29H48ClNO/c1-7-20(18(2)3)9-8-19(4)23-10-11-24-27-25(13-15-29(23,24)6)28(5)14-12-22(30)16-21(28)17-26(27)31-32/h17-20,22-25,27,32H,7-16H2,1-6H3/t19-,20-,22?,23-,24+,25+,27+,28+,29-/m1/s1. The summed E-state index contributed by atoms with van der Waals surface area (Å²) in [5.74, 6) is 4.98.